The molecular weight excluding hydrogens is 256 g/mol. The molecule has 2 rings (SSSR count). The van der Waals surface area contributed by atoms with Crippen molar-refractivity contribution in [3.63, 3.8) is 0 Å². The van der Waals surface area contributed by atoms with E-state index >= 15 is 0 Å². The van der Waals surface area contributed by atoms with E-state index in [1.165, 1.54) is 6.92 Å². The molecule has 0 bridgehead atoms. The Kier molecular flexibility index (Phi) is 3.94. The van der Waals surface area contributed by atoms with Crippen LogP contribution in [0.25, 0.3) is 0 Å². The predicted octanol–water partition coefficient (Wildman–Crippen LogP) is 2.86. The van der Waals surface area contributed by atoms with Crippen molar-refractivity contribution < 1.29 is 19.1 Å². The van der Waals surface area contributed by atoms with Crippen LogP contribution in [-0.2, 0) is 19.1 Å². The molecule has 0 radical (unpaired) electrons. The van der Waals surface area contributed by atoms with E-state index in [-0.39, 0.29) is 17.7 Å². The Bertz CT molecular complexity index is 463. The fourth-order valence-corrected chi connectivity index (χ4v) is 3.83. The van der Waals surface area contributed by atoms with Crippen molar-refractivity contribution in [1.29, 1.82) is 0 Å². The number of carbonyl (C=O) groups excluding carboxylic acids is 2. The highest BCUT2D eigenvalue weighted by molar-refractivity contribution is 5.97. The number of fused-ring (bicyclic) bond motifs is 1. The molecule has 0 aromatic rings. The Morgan fingerprint density at radius 2 is 2.05 bits per heavy atom. The molecule has 0 saturated heterocycles. The van der Waals surface area contributed by atoms with Gasteiger partial charge in [-0.25, -0.2) is 0 Å². The zero-order chi connectivity index (χ0) is 15.1. The van der Waals surface area contributed by atoms with Gasteiger partial charge in [-0.2, -0.15) is 0 Å². The standard InChI is InChI=1S/C16H24O4/c1-9(2)11-6-7-16(4,20-10(3)17)12-8-13(18)15(19-5)14(11)12/h9,11-12H,6-8H2,1-5H3/t11-,12+,16+/m0/s1. The summed E-state index contributed by atoms with van der Waals surface area (Å²) < 4.78 is 10.9. The zero-order valence-corrected chi connectivity index (χ0v) is 13.0. The molecule has 4 heteroatoms. The SMILES string of the molecule is COC1=C2[C@H](C(C)C)CC[C@@](C)(OC(C)=O)[C@@H]2CC1=O. The van der Waals surface area contributed by atoms with Crippen LogP contribution in [0, 0.1) is 17.8 Å². The normalized spacial score (nSPS) is 33.4. The van der Waals surface area contributed by atoms with Crippen molar-refractivity contribution in [2.24, 2.45) is 17.8 Å². The highest BCUT2D eigenvalue weighted by Crippen LogP contribution is 2.52. The van der Waals surface area contributed by atoms with Crippen LogP contribution >= 0.6 is 0 Å². The van der Waals surface area contributed by atoms with Gasteiger partial charge in [-0.05, 0) is 37.2 Å². The van der Waals surface area contributed by atoms with Gasteiger partial charge in [-0.15, -0.1) is 0 Å². The summed E-state index contributed by atoms with van der Waals surface area (Å²) in [7, 11) is 1.55. The van der Waals surface area contributed by atoms with E-state index in [0.717, 1.165) is 18.4 Å². The van der Waals surface area contributed by atoms with E-state index in [2.05, 4.69) is 13.8 Å². The third kappa shape index (κ3) is 2.36. The van der Waals surface area contributed by atoms with Gasteiger partial charge in [0.25, 0.3) is 0 Å². The molecule has 3 atom stereocenters. The minimum atomic E-state index is -0.581. The largest absolute Gasteiger partial charge is 0.493 e. The van der Waals surface area contributed by atoms with Crippen LogP contribution in [-0.4, -0.2) is 24.5 Å². The van der Waals surface area contributed by atoms with Crippen LogP contribution < -0.4 is 0 Å². The zero-order valence-electron chi connectivity index (χ0n) is 13.0. The van der Waals surface area contributed by atoms with Gasteiger partial charge in [-0.3, -0.25) is 9.59 Å². The number of hydrogen-bond donors (Lipinski definition) is 0. The number of Topliss-reactive ketones (excluding diaryl/α,β-unsaturated/α-hetero) is 1. The van der Waals surface area contributed by atoms with Crippen LogP contribution in [0.5, 0.6) is 0 Å². The first-order valence-electron chi connectivity index (χ1n) is 7.31. The minimum Gasteiger partial charge on any atom is -0.493 e. The number of ether oxygens (including phenoxy) is 2. The number of carbonyl (C=O) groups is 2. The lowest BCUT2D eigenvalue weighted by Crippen LogP contribution is -2.45. The topological polar surface area (TPSA) is 52.6 Å². The second-order valence-electron chi connectivity index (χ2n) is 6.46. The van der Waals surface area contributed by atoms with Gasteiger partial charge >= 0.3 is 5.97 Å². The molecule has 2 aliphatic carbocycles. The molecule has 0 unspecified atom stereocenters. The van der Waals surface area contributed by atoms with E-state index < -0.39 is 5.60 Å². The monoisotopic (exact) mass is 280 g/mol. The van der Waals surface area contributed by atoms with Crippen molar-refractivity contribution in [3.05, 3.63) is 11.3 Å². The van der Waals surface area contributed by atoms with Gasteiger partial charge in [0.1, 0.15) is 5.60 Å². The molecule has 0 aliphatic heterocycles. The quantitative estimate of drug-likeness (QED) is 0.746. The Balaban J connectivity index is 2.44. The second-order valence-corrected chi connectivity index (χ2v) is 6.46. The number of hydrogen-bond acceptors (Lipinski definition) is 4. The lowest BCUT2D eigenvalue weighted by atomic mass is 9.66. The summed E-state index contributed by atoms with van der Waals surface area (Å²) in [6.07, 6.45) is 2.12. The van der Waals surface area contributed by atoms with Gasteiger partial charge in [0.2, 0.25) is 0 Å². The maximum Gasteiger partial charge on any atom is 0.303 e. The average molecular weight is 280 g/mol. The Morgan fingerprint density at radius 1 is 1.40 bits per heavy atom. The minimum absolute atomic E-state index is 0.0324. The Labute approximate surface area is 120 Å². The van der Waals surface area contributed by atoms with Crippen LogP contribution in [0.15, 0.2) is 11.3 Å². The molecule has 0 N–H and O–H groups in total. The molecule has 4 nitrogen and oxygen atoms in total. The number of esters is 1. The van der Waals surface area contributed by atoms with Gasteiger partial charge in [-0.1, -0.05) is 13.8 Å². The molecule has 0 amide bonds. The van der Waals surface area contributed by atoms with Crippen molar-refractivity contribution in [2.45, 2.75) is 52.6 Å². The molecule has 2 aliphatic rings. The number of ketones is 1. The summed E-state index contributed by atoms with van der Waals surface area (Å²) >= 11 is 0. The molecule has 1 saturated carbocycles. The molecule has 0 spiro atoms. The van der Waals surface area contributed by atoms with Gasteiger partial charge < -0.3 is 9.47 Å². The molecule has 0 aromatic carbocycles. The summed E-state index contributed by atoms with van der Waals surface area (Å²) in [4.78, 5) is 23.6. The Morgan fingerprint density at radius 3 is 2.55 bits per heavy atom. The van der Waals surface area contributed by atoms with Crippen molar-refractivity contribution in [1.82, 2.24) is 0 Å². The van der Waals surface area contributed by atoms with E-state index in [9.17, 15) is 9.59 Å². The van der Waals surface area contributed by atoms with Crippen LogP contribution in [0.4, 0.5) is 0 Å². The van der Waals surface area contributed by atoms with Crippen molar-refractivity contribution in [2.75, 3.05) is 7.11 Å². The molecule has 1 fully saturated rings. The van der Waals surface area contributed by atoms with Crippen LogP contribution in [0.2, 0.25) is 0 Å². The molecule has 0 aromatic heterocycles. The lowest BCUT2D eigenvalue weighted by molar-refractivity contribution is -0.163. The number of methoxy groups -OCH3 is 1. The second kappa shape index (κ2) is 5.23. The molecule has 20 heavy (non-hydrogen) atoms. The summed E-state index contributed by atoms with van der Waals surface area (Å²) in [5.74, 6) is 1.02. The number of allylic oxidation sites excluding steroid dienone is 1. The maximum absolute atomic E-state index is 12.2. The van der Waals surface area contributed by atoms with E-state index in [0.29, 0.717) is 24.0 Å². The smallest absolute Gasteiger partial charge is 0.303 e. The summed E-state index contributed by atoms with van der Waals surface area (Å²) in [5, 5.41) is 0. The van der Waals surface area contributed by atoms with E-state index in [1.807, 2.05) is 6.92 Å². The predicted molar refractivity (Wildman–Crippen MR) is 74.9 cm³/mol. The fourth-order valence-electron chi connectivity index (χ4n) is 3.83. The number of rotatable bonds is 3. The first kappa shape index (κ1) is 15.1. The molecular formula is C16H24O4. The van der Waals surface area contributed by atoms with Crippen molar-refractivity contribution >= 4 is 11.8 Å². The first-order chi connectivity index (χ1) is 9.30. The lowest BCUT2D eigenvalue weighted by Gasteiger charge is -2.44. The third-order valence-electron chi connectivity index (χ3n) is 4.75. The van der Waals surface area contributed by atoms with Crippen LogP contribution in [0.1, 0.15) is 47.0 Å². The van der Waals surface area contributed by atoms with E-state index in [4.69, 9.17) is 9.47 Å². The summed E-state index contributed by atoms with van der Waals surface area (Å²) in [6, 6.07) is 0. The van der Waals surface area contributed by atoms with Crippen LogP contribution in [0.3, 0.4) is 0 Å². The third-order valence-corrected chi connectivity index (χ3v) is 4.75. The van der Waals surface area contributed by atoms with Gasteiger partial charge in [0.15, 0.2) is 11.5 Å². The molecule has 112 valence electrons. The average Bonchev–Trinajstić information content (AvgIpc) is 2.66. The molecule has 0 heterocycles. The summed E-state index contributed by atoms with van der Waals surface area (Å²) in [5.41, 5.74) is 0.491. The van der Waals surface area contributed by atoms with Gasteiger partial charge in [0, 0.05) is 19.3 Å². The van der Waals surface area contributed by atoms with Gasteiger partial charge in [0.05, 0.1) is 7.11 Å². The highest BCUT2D eigenvalue weighted by Gasteiger charge is 2.52. The Hall–Kier alpha value is -1.32. The fraction of sp³-hybridized carbons (Fsp3) is 0.750. The first-order valence-corrected chi connectivity index (χ1v) is 7.31. The van der Waals surface area contributed by atoms with E-state index in [1.54, 1.807) is 7.11 Å². The highest BCUT2D eigenvalue weighted by atomic mass is 16.6. The summed E-state index contributed by atoms with van der Waals surface area (Å²) in [6.45, 7) is 7.71. The van der Waals surface area contributed by atoms with Crippen molar-refractivity contribution in [3.8, 4) is 0 Å². The maximum atomic E-state index is 12.2.